The van der Waals surface area contributed by atoms with Crippen LogP contribution in [0.25, 0.3) is 0 Å². The number of hydrogen-bond donors (Lipinski definition) is 1. The van der Waals surface area contributed by atoms with Crippen LogP contribution in [-0.4, -0.2) is 26.0 Å². The molecular formula is C17H21FN4OS. The Labute approximate surface area is 145 Å². The van der Waals surface area contributed by atoms with E-state index in [1.165, 1.54) is 0 Å². The zero-order valence-corrected chi connectivity index (χ0v) is 14.5. The molecule has 1 aromatic heterocycles. The predicted octanol–water partition coefficient (Wildman–Crippen LogP) is 3.10. The summed E-state index contributed by atoms with van der Waals surface area (Å²) in [7, 11) is 0. The molecule has 7 heteroatoms. The van der Waals surface area contributed by atoms with E-state index >= 15 is 0 Å². The van der Waals surface area contributed by atoms with E-state index in [-0.39, 0.29) is 12.4 Å². The minimum Gasteiger partial charge on any atom is -0.388 e. The molecule has 0 spiro atoms. The molecule has 5 nitrogen and oxygen atoms in total. The second-order valence-electron chi connectivity index (χ2n) is 6.66. The van der Waals surface area contributed by atoms with Crippen molar-refractivity contribution in [3.63, 3.8) is 0 Å². The molecule has 4 rings (SSSR count). The van der Waals surface area contributed by atoms with Crippen LogP contribution >= 0.6 is 12.2 Å². The summed E-state index contributed by atoms with van der Waals surface area (Å²) in [5, 5.41) is 14.1. The highest BCUT2D eigenvalue weighted by Crippen LogP contribution is 2.37. The highest BCUT2D eigenvalue weighted by atomic mass is 32.1. The normalized spacial score (nSPS) is 17.2. The van der Waals surface area contributed by atoms with Gasteiger partial charge in [-0.1, -0.05) is 6.07 Å². The van der Waals surface area contributed by atoms with Crippen LogP contribution in [-0.2, 0) is 19.7 Å². The van der Waals surface area contributed by atoms with E-state index in [4.69, 9.17) is 12.2 Å². The number of anilines is 1. The number of benzene rings is 1. The number of fused-ring (bicyclic) bond motifs is 1. The summed E-state index contributed by atoms with van der Waals surface area (Å²) in [6, 6.07) is 3.75. The van der Waals surface area contributed by atoms with E-state index in [1.54, 1.807) is 10.7 Å². The van der Waals surface area contributed by atoms with Crippen LogP contribution in [0.3, 0.4) is 0 Å². The Bertz CT molecular complexity index is 840. The Morgan fingerprint density at radius 2 is 2.17 bits per heavy atom. The lowest BCUT2D eigenvalue weighted by Crippen LogP contribution is -2.33. The number of halogens is 1. The monoisotopic (exact) mass is 348 g/mol. The van der Waals surface area contributed by atoms with E-state index in [0.29, 0.717) is 23.3 Å². The van der Waals surface area contributed by atoms with Crippen molar-refractivity contribution in [3.05, 3.63) is 39.7 Å². The van der Waals surface area contributed by atoms with Gasteiger partial charge in [-0.2, -0.15) is 5.10 Å². The summed E-state index contributed by atoms with van der Waals surface area (Å²) >= 11 is 5.57. The zero-order chi connectivity index (χ0) is 16.8. The van der Waals surface area contributed by atoms with Gasteiger partial charge in [0.1, 0.15) is 19.1 Å². The Kier molecular flexibility index (Phi) is 3.92. The molecule has 0 saturated heterocycles. The number of aliphatic hydroxyl groups is 1. The maximum absolute atomic E-state index is 14.2. The molecule has 24 heavy (non-hydrogen) atoms. The molecule has 0 unspecified atom stereocenters. The topological polar surface area (TPSA) is 46.2 Å². The fraction of sp³-hybridized carbons (Fsp3) is 0.529. The molecule has 2 aromatic rings. The number of aryl methyl sites for hydroxylation is 1. The molecule has 1 aliphatic heterocycles. The largest absolute Gasteiger partial charge is 0.388 e. The molecule has 0 amide bonds. The van der Waals surface area contributed by atoms with E-state index in [9.17, 15) is 9.50 Å². The third-order valence-electron chi connectivity index (χ3n) is 4.90. The highest BCUT2D eigenvalue weighted by Gasteiger charge is 2.29. The van der Waals surface area contributed by atoms with Crippen LogP contribution in [0.4, 0.5) is 10.1 Å². The minimum absolute atomic E-state index is 0.114. The third-order valence-corrected chi connectivity index (χ3v) is 5.31. The van der Waals surface area contributed by atoms with Crippen molar-refractivity contribution in [1.29, 1.82) is 0 Å². The van der Waals surface area contributed by atoms with Gasteiger partial charge in [-0.15, -0.1) is 0 Å². The Morgan fingerprint density at radius 1 is 1.38 bits per heavy atom. The van der Waals surface area contributed by atoms with Crippen LogP contribution in [0.1, 0.15) is 42.3 Å². The van der Waals surface area contributed by atoms with Gasteiger partial charge in [0.05, 0.1) is 0 Å². The summed E-state index contributed by atoms with van der Waals surface area (Å²) in [5.41, 5.74) is 2.83. The summed E-state index contributed by atoms with van der Waals surface area (Å²) in [6.45, 7) is 3.24. The fourth-order valence-electron chi connectivity index (χ4n) is 3.63. The molecule has 1 fully saturated rings. The molecule has 2 heterocycles. The summed E-state index contributed by atoms with van der Waals surface area (Å²) in [4.78, 5) is 2.15. The molecule has 0 bridgehead atoms. The number of hydrogen-bond acceptors (Lipinski definition) is 4. The highest BCUT2D eigenvalue weighted by molar-refractivity contribution is 7.71. The quantitative estimate of drug-likeness (QED) is 0.863. The van der Waals surface area contributed by atoms with Crippen LogP contribution in [0.5, 0.6) is 0 Å². The van der Waals surface area contributed by atoms with Gasteiger partial charge in [-0.05, 0) is 56.5 Å². The number of nitrogens with zero attached hydrogens (tertiary/aromatic N) is 4. The minimum atomic E-state index is -0.136. The number of rotatable bonds is 4. The Balaban J connectivity index is 1.71. The van der Waals surface area contributed by atoms with Crippen molar-refractivity contribution in [2.24, 2.45) is 0 Å². The van der Waals surface area contributed by atoms with Crippen molar-refractivity contribution in [2.45, 2.75) is 51.9 Å². The van der Waals surface area contributed by atoms with Gasteiger partial charge >= 0.3 is 0 Å². The predicted molar refractivity (Wildman–Crippen MR) is 92.0 cm³/mol. The van der Waals surface area contributed by atoms with Gasteiger partial charge in [0.15, 0.2) is 10.6 Å². The number of aliphatic hydroxyl groups excluding tert-OH is 1. The van der Waals surface area contributed by atoms with Gasteiger partial charge in [-0.3, -0.25) is 4.57 Å². The summed E-state index contributed by atoms with van der Waals surface area (Å²) in [6.07, 6.45) is 3.85. The van der Waals surface area contributed by atoms with Crippen molar-refractivity contribution in [3.8, 4) is 0 Å². The Morgan fingerprint density at radius 3 is 2.88 bits per heavy atom. The summed E-state index contributed by atoms with van der Waals surface area (Å²) in [5.74, 6) is 0.485. The molecule has 1 N–H and O–H groups in total. The first-order valence-electron chi connectivity index (χ1n) is 8.42. The smallest absolute Gasteiger partial charge is 0.199 e. The van der Waals surface area contributed by atoms with E-state index in [1.807, 2.05) is 17.6 Å². The maximum atomic E-state index is 14.2. The number of aromatic nitrogens is 3. The second-order valence-corrected chi connectivity index (χ2v) is 7.02. The van der Waals surface area contributed by atoms with E-state index in [0.717, 1.165) is 49.0 Å². The molecule has 128 valence electrons. The maximum Gasteiger partial charge on any atom is 0.199 e. The van der Waals surface area contributed by atoms with Crippen molar-refractivity contribution < 1.29 is 9.50 Å². The van der Waals surface area contributed by atoms with Gasteiger partial charge in [0.25, 0.3) is 0 Å². The fourth-order valence-corrected chi connectivity index (χ4v) is 3.99. The van der Waals surface area contributed by atoms with Crippen LogP contribution < -0.4 is 4.90 Å². The lowest BCUT2D eigenvalue weighted by atomic mass is 9.98. The van der Waals surface area contributed by atoms with Gasteiger partial charge in [0, 0.05) is 23.8 Å². The van der Waals surface area contributed by atoms with Crippen LogP contribution in [0, 0.1) is 17.5 Å². The first-order chi connectivity index (χ1) is 11.6. The second kappa shape index (κ2) is 5.97. The van der Waals surface area contributed by atoms with Crippen molar-refractivity contribution >= 4 is 17.9 Å². The average molecular weight is 348 g/mol. The lowest BCUT2D eigenvalue weighted by Gasteiger charge is -2.32. The molecule has 1 aliphatic carbocycles. The molecule has 0 radical (unpaired) electrons. The van der Waals surface area contributed by atoms with E-state index < -0.39 is 0 Å². The molecule has 2 aliphatic rings. The van der Waals surface area contributed by atoms with Gasteiger partial charge in [-0.25, -0.2) is 9.07 Å². The standard InChI is InChI=1S/C17H21FN4OS/c1-11-4-7-14(18)13-3-2-8-20(16(11)13)10-21-17(24)22(12-5-6-12)15(9-23)19-21/h4,7,12,23H,2-3,5-6,8-10H2,1H3. The van der Waals surface area contributed by atoms with Crippen molar-refractivity contribution in [2.75, 3.05) is 11.4 Å². The molecular weight excluding hydrogens is 327 g/mol. The molecule has 0 atom stereocenters. The van der Waals surface area contributed by atoms with Gasteiger partial charge < -0.3 is 10.0 Å². The first kappa shape index (κ1) is 15.8. The van der Waals surface area contributed by atoms with E-state index in [2.05, 4.69) is 10.00 Å². The molecule has 1 aromatic carbocycles. The van der Waals surface area contributed by atoms with Crippen LogP contribution in [0.15, 0.2) is 12.1 Å². The van der Waals surface area contributed by atoms with Crippen molar-refractivity contribution in [1.82, 2.24) is 14.3 Å². The molecule has 1 saturated carbocycles. The Hall–Kier alpha value is -1.73. The lowest BCUT2D eigenvalue weighted by molar-refractivity contribution is 0.263. The summed E-state index contributed by atoms with van der Waals surface area (Å²) < 4.78 is 18.5. The third kappa shape index (κ3) is 2.56. The zero-order valence-electron chi connectivity index (χ0n) is 13.7. The first-order valence-corrected chi connectivity index (χ1v) is 8.83. The van der Waals surface area contributed by atoms with Gasteiger partial charge in [0.2, 0.25) is 0 Å². The van der Waals surface area contributed by atoms with Crippen LogP contribution in [0.2, 0.25) is 0 Å². The average Bonchev–Trinajstić information content (AvgIpc) is 3.36. The SMILES string of the molecule is Cc1ccc(F)c2c1N(Cn1nc(CO)n(C3CC3)c1=S)CCC2.